The number of aromatic nitrogens is 2. The third-order valence-electron chi connectivity index (χ3n) is 6.60. The van der Waals surface area contributed by atoms with E-state index in [1.165, 1.54) is 15.9 Å². The van der Waals surface area contributed by atoms with E-state index in [-0.39, 0.29) is 17.5 Å². The highest BCUT2D eigenvalue weighted by atomic mass is 32.1. The third-order valence-corrected chi connectivity index (χ3v) is 7.88. The summed E-state index contributed by atoms with van der Waals surface area (Å²) in [4.78, 5) is 31.1. The molecule has 1 amide bonds. The fourth-order valence-electron chi connectivity index (χ4n) is 4.86. The van der Waals surface area contributed by atoms with E-state index in [2.05, 4.69) is 48.1 Å². The summed E-state index contributed by atoms with van der Waals surface area (Å²) in [5.74, 6) is -0.0568. The van der Waals surface area contributed by atoms with E-state index in [4.69, 9.17) is 0 Å². The van der Waals surface area contributed by atoms with Crippen LogP contribution in [0.5, 0.6) is 0 Å². The number of piperazine rings is 1. The maximum absolute atomic E-state index is 13.5. The quantitative estimate of drug-likeness (QED) is 0.451. The summed E-state index contributed by atoms with van der Waals surface area (Å²) in [5.41, 5.74) is 3.00. The lowest BCUT2D eigenvalue weighted by molar-refractivity contribution is -0.135. The van der Waals surface area contributed by atoms with Crippen LogP contribution in [0.15, 0.2) is 53.3 Å². The van der Waals surface area contributed by atoms with Crippen molar-refractivity contribution in [1.82, 2.24) is 14.7 Å². The van der Waals surface area contributed by atoms with E-state index in [1.54, 1.807) is 18.3 Å². The molecule has 4 aromatic rings. The molecule has 33 heavy (non-hydrogen) atoms. The molecule has 1 aliphatic heterocycles. The second-order valence-electron chi connectivity index (χ2n) is 8.98. The molecule has 0 radical (unpaired) electrons. The van der Waals surface area contributed by atoms with Crippen molar-refractivity contribution >= 4 is 43.1 Å². The Balaban J connectivity index is 1.43. The second-order valence-corrected chi connectivity index (χ2v) is 10.0. The fraction of sp³-hybridized carbons (Fsp3) is 0.346. The average Bonchev–Trinajstić information content (AvgIpc) is 3.21. The highest BCUT2D eigenvalue weighted by Crippen LogP contribution is 2.33. The summed E-state index contributed by atoms with van der Waals surface area (Å²) in [5, 5.41) is 6.16. The van der Waals surface area contributed by atoms with Gasteiger partial charge < -0.3 is 9.80 Å². The molecule has 5 rings (SSSR count). The van der Waals surface area contributed by atoms with Crippen molar-refractivity contribution < 1.29 is 4.79 Å². The molecule has 2 unspecified atom stereocenters. The Bertz CT molecular complexity index is 1420. The summed E-state index contributed by atoms with van der Waals surface area (Å²) in [6.07, 6.45) is 0. The maximum atomic E-state index is 13.5. The Morgan fingerprint density at radius 3 is 2.67 bits per heavy atom. The molecule has 0 bridgehead atoms. The van der Waals surface area contributed by atoms with Gasteiger partial charge in [-0.15, -0.1) is 11.3 Å². The Hall–Kier alpha value is -3.19. The first-order chi connectivity index (χ1) is 15.8. The molecule has 2 atom stereocenters. The Morgan fingerprint density at radius 2 is 1.91 bits per heavy atom. The third kappa shape index (κ3) is 3.70. The van der Waals surface area contributed by atoms with E-state index >= 15 is 0 Å². The minimum Gasteiger partial charge on any atom is -0.365 e. The number of thiophene rings is 1. The molecule has 7 heteroatoms. The van der Waals surface area contributed by atoms with Crippen LogP contribution >= 0.6 is 11.3 Å². The first kappa shape index (κ1) is 21.6. The predicted octanol–water partition coefficient (Wildman–Crippen LogP) is 4.53. The van der Waals surface area contributed by atoms with Crippen molar-refractivity contribution in [3.8, 4) is 0 Å². The minimum absolute atomic E-state index is 0.0568. The maximum Gasteiger partial charge on any atom is 0.276 e. The molecule has 1 fully saturated rings. The Morgan fingerprint density at radius 1 is 1.12 bits per heavy atom. The molecule has 0 spiro atoms. The highest BCUT2D eigenvalue weighted by Gasteiger charge is 2.31. The van der Waals surface area contributed by atoms with E-state index in [0.29, 0.717) is 18.5 Å². The molecule has 3 heterocycles. The average molecular weight is 461 g/mol. The monoisotopic (exact) mass is 460 g/mol. The number of benzene rings is 2. The van der Waals surface area contributed by atoms with Crippen LogP contribution in [-0.2, 0) is 4.79 Å². The van der Waals surface area contributed by atoms with E-state index in [9.17, 15) is 9.59 Å². The van der Waals surface area contributed by atoms with Gasteiger partial charge in [-0.3, -0.25) is 9.59 Å². The van der Waals surface area contributed by atoms with Gasteiger partial charge in [-0.1, -0.05) is 30.3 Å². The number of nitrogens with zero attached hydrogens (tertiary/aromatic N) is 4. The van der Waals surface area contributed by atoms with Crippen molar-refractivity contribution in [2.45, 2.75) is 39.8 Å². The Kier molecular flexibility index (Phi) is 5.44. The molecule has 1 aliphatic rings. The normalized spacial score (nSPS) is 17.6. The number of anilines is 1. The van der Waals surface area contributed by atoms with Crippen LogP contribution in [0.1, 0.15) is 31.1 Å². The number of hydrogen-bond donors (Lipinski definition) is 0. The van der Waals surface area contributed by atoms with Crippen LogP contribution in [-0.4, -0.2) is 46.3 Å². The van der Waals surface area contributed by atoms with Crippen molar-refractivity contribution in [3.05, 3.63) is 70.1 Å². The number of carbonyl (C=O) groups is 1. The van der Waals surface area contributed by atoms with Gasteiger partial charge >= 0.3 is 0 Å². The standard InChI is InChI=1S/C26H28N4O2S/c1-16-8-7-9-20(14-16)29-13-12-28(15-17(29)2)25(31)19(4)30-26(32)23-21-10-5-6-11-22(21)33-24(23)18(3)27-30/h5-11,14,17,19H,12-13,15H2,1-4H3. The van der Waals surface area contributed by atoms with Crippen LogP contribution < -0.4 is 10.5 Å². The molecule has 0 aliphatic carbocycles. The lowest BCUT2D eigenvalue weighted by Gasteiger charge is -2.42. The van der Waals surface area contributed by atoms with Gasteiger partial charge in [0.1, 0.15) is 6.04 Å². The fourth-order valence-corrected chi connectivity index (χ4v) is 5.99. The van der Waals surface area contributed by atoms with E-state index in [1.807, 2.05) is 36.1 Å². The molecule has 6 nitrogen and oxygen atoms in total. The number of hydrogen-bond acceptors (Lipinski definition) is 5. The molecule has 170 valence electrons. The molecular weight excluding hydrogens is 432 g/mol. The summed E-state index contributed by atoms with van der Waals surface area (Å²) < 4.78 is 3.35. The largest absolute Gasteiger partial charge is 0.365 e. The number of amides is 1. The predicted molar refractivity (Wildman–Crippen MR) is 135 cm³/mol. The molecule has 2 aromatic heterocycles. The SMILES string of the molecule is Cc1cccc(N2CCN(C(=O)C(C)n3nc(C)c4sc5ccccc5c4c3=O)CC2C)c1. The van der Waals surface area contributed by atoms with Gasteiger partial charge in [-0.2, -0.15) is 5.10 Å². The van der Waals surface area contributed by atoms with Crippen LogP contribution in [0.25, 0.3) is 20.2 Å². The molecule has 1 saturated heterocycles. The summed E-state index contributed by atoms with van der Waals surface area (Å²) in [7, 11) is 0. The van der Waals surface area contributed by atoms with Gasteiger partial charge in [-0.25, -0.2) is 4.68 Å². The van der Waals surface area contributed by atoms with Crippen molar-refractivity contribution in [2.24, 2.45) is 0 Å². The van der Waals surface area contributed by atoms with E-state index in [0.717, 1.165) is 27.0 Å². The lowest BCUT2D eigenvalue weighted by Crippen LogP contribution is -2.55. The van der Waals surface area contributed by atoms with Crippen molar-refractivity contribution in [1.29, 1.82) is 0 Å². The molecule has 0 N–H and O–H groups in total. The smallest absolute Gasteiger partial charge is 0.276 e. The van der Waals surface area contributed by atoms with Gasteiger partial charge in [0.15, 0.2) is 0 Å². The summed E-state index contributed by atoms with van der Waals surface area (Å²) >= 11 is 1.58. The van der Waals surface area contributed by atoms with E-state index < -0.39 is 6.04 Å². The van der Waals surface area contributed by atoms with Crippen LogP contribution in [0.2, 0.25) is 0 Å². The number of rotatable bonds is 3. The number of aryl methyl sites for hydroxylation is 2. The molecular formula is C26H28N4O2S. The first-order valence-corrected chi connectivity index (χ1v) is 12.2. The highest BCUT2D eigenvalue weighted by molar-refractivity contribution is 7.26. The van der Waals surface area contributed by atoms with Crippen molar-refractivity contribution in [2.75, 3.05) is 24.5 Å². The summed E-state index contributed by atoms with van der Waals surface area (Å²) in [6, 6.07) is 15.9. The van der Waals surface area contributed by atoms with Gasteiger partial charge in [-0.05, 0) is 51.5 Å². The zero-order valence-electron chi connectivity index (χ0n) is 19.4. The lowest BCUT2D eigenvalue weighted by atomic mass is 10.1. The topological polar surface area (TPSA) is 58.4 Å². The number of carbonyl (C=O) groups excluding carboxylic acids is 1. The van der Waals surface area contributed by atoms with Crippen LogP contribution in [0.4, 0.5) is 5.69 Å². The molecule has 2 aromatic carbocycles. The zero-order valence-corrected chi connectivity index (χ0v) is 20.2. The van der Waals surface area contributed by atoms with Gasteiger partial charge in [0, 0.05) is 41.4 Å². The van der Waals surface area contributed by atoms with Crippen LogP contribution in [0, 0.1) is 13.8 Å². The zero-order chi connectivity index (χ0) is 23.3. The number of fused-ring (bicyclic) bond motifs is 3. The minimum atomic E-state index is -0.656. The summed E-state index contributed by atoms with van der Waals surface area (Å²) in [6.45, 7) is 9.94. The van der Waals surface area contributed by atoms with Crippen LogP contribution in [0.3, 0.4) is 0 Å². The van der Waals surface area contributed by atoms with Crippen molar-refractivity contribution in [3.63, 3.8) is 0 Å². The Labute approximate surface area is 197 Å². The van der Waals surface area contributed by atoms with Gasteiger partial charge in [0.25, 0.3) is 5.56 Å². The second kappa shape index (κ2) is 8.30. The van der Waals surface area contributed by atoms with Gasteiger partial charge in [0.05, 0.1) is 15.8 Å². The first-order valence-electron chi connectivity index (χ1n) is 11.4. The van der Waals surface area contributed by atoms with Gasteiger partial charge in [0.2, 0.25) is 5.91 Å². The molecule has 0 saturated carbocycles.